The van der Waals surface area contributed by atoms with Gasteiger partial charge < -0.3 is 9.84 Å². The molecule has 0 amide bonds. The Morgan fingerprint density at radius 2 is 2.20 bits per heavy atom. The minimum atomic E-state index is -0.224. The molecule has 0 spiro atoms. The fourth-order valence-electron chi connectivity index (χ4n) is 1.47. The number of hydrogen-bond donors (Lipinski definition) is 1. The highest BCUT2D eigenvalue weighted by Gasteiger charge is 2.04. The van der Waals surface area contributed by atoms with Gasteiger partial charge in [0.15, 0.2) is 0 Å². The van der Waals surface area contributed by atoms with Crippen LogP contribution in [0.3, 0.4) is 0 Å². The molecule has 3 heteroatoms. The van der Waals surface area contributed by atoms with Crippen LogP contribution in [0.15, 0.2) is 12.1 Å². The number of ether oxygens (including phenoxy) is 1. The Morgan fingerprint density at radius 3 is 2.80 bits per heavy atom. The smallest absolute Gasteiger partial charge is 0.122 e. The first-order valence-corrected chi connectivity index (χ1v) is 5.35. The number of aliphatic hydroxyl groups is 1. The zero-order chi connectivity index (χ0) is 11.3. The van der Waals surface area contributed by atoms with E-state index < -0.39 is 0 Å². The van der Waals surface area contributed by atoms with Crippen molar-refractivity contribution < 1.29 is 9.84 Å². The average Bonchev–Trinajstić information content (AvgIpc) is 2.25. The third kappa shape index (κ3) is 3.88. The van der Waals surface area contributed by atoms with E-state index in [4.69, 9.17) is 4.74 Å². The molecular formula is C12H19NO2. The number of pyridine rings is 1. The van der Waals surface area contributed by atoms with Gasteiger partial charge in [-0.25, -0.2) is 0 Å². The summed E-state index contributed by atoms with van der Waals surface area (Å²) < 4.78 is 5.17. The van der Waals surface area contributed by atoms with Crippen molar-refractivity contribution in [2.75, 3.05) is 7.11 Å². The summed E-state index contributed by atoms with van der Waals surface area (Å²) in [4.78, 5) is 4.40. The molecule has 1 heterocycles. The quantitative estimate of drug-likeness (QED) is 0.807. The summed E-state index contributed by atoms with van der Waals surface area (Å²) in [7, 11) is 1.65. The van der Waals surface area contributed by atoms with Gasteiger partial charge in [0.25, 0.3) is 0 Å². The summed E-state index contributed by atoms with van der Waals surface area (Å²) in [5.74, 6) is 0.837. The molecule has 0 aliphatic heterocycles. The number of hydrogen-bond acceptors (Lipinski definition) is 3. The van der Waals surface area contributed by atoms with Crippen molar-refractivity contribution in [1.29, 1.82) is 0 Å². The van der Waals surface area contributed by atoms with Crippen LogP contribution in [-0.4, -0.2) is 23.3 Å². The number of aliphatic hydroxyl groups excluding tert-OH is 1. The van der Waals surface area contributed by atoms with Gasteiger partial charge in [0.2, 0.25) is 0 Å². The Kier molecular flexibility index (Phi) is 4.56. The van der Waals surface area contributed by atoms with Gasteiger partial charge in [0.1, 0.15) is 5.75 Å². The summed E-state index contributed by atoms with van der Waals surface area (Å²) in [6.07, 6.45) is 2.13. The van der Waals surface area contributed by atoms with Gasteiger partial charge in [-0.15, -0.1) is 0 Å². The Morgan fingerprint density at radius 1 is 1.47 bits per heavy atom. The van der Waals surface area contributed by atoms with E-state index in [-0.39, 0.29) is 6.10 Å². The largest absolute Gasteiger partial charge is 0.497 e. The van der Waals surface area contributed by atoms with Gasteiger partial charge in [-0.3, -0.25) is 4.98 Å². The van der Waals surface area contributed by atoms with Crippen LogP contribution in [0, 0.1) is 6.92 Å². The first kappa shape index (κ1) is 12.0. The molecule has 1 aromatic rings. The molecule has 0 aliphatic carbocycles. The molecule has 1 atom stereocenters. The normalized spacial score (nSPS) is 12.5. The van der Waals surface area contributed by atoms with Crippen LogP contribution in [0.25, 0.3) is 0 Å². The zero-order valence-corrected chi connectivity index (χ0v) is 9.66. The molecule has 0 fully saturated rings. The maximum atomic E-state index is 9.46. The summed E-state index contributed by atoms with van der Waals surface area (Å²) in [6, 6.07) is 3.83. The molecule has 0 radical (unpaired) electrons. The van der Waals surface area contributed by atoms with Gasteiger partial charge in [0, 0.05) is 23.5 Å². The summed E-state index contributed by atoms with van der Waals surface area (Å²) >= 11 is 0. The fraction of sp³-hybridized carbons (Fsp3) is 0.583. The molecule has 84 valence electrons. The molecule has 0 aromatic carbocycles. The van der Waals surface area contributed by atoms with E-state index in [0.717, 1.165) is 36.4 Å². The molecule has 1 unspecified atom stereocenters. The molecule has 1 rings (SSSR count). The van der Waals surface area contributed by atoms with Crippen LogP contribution < -0.4 is 4.74 Å². The lowest BCUT2D eigenvalue weighted by molar-refractivity contribution is 0.160. The molecule has 0 saturated heterocycles. The molecule has 15 heavy (non-hydrogen) atoms. The third-order valence-electron chi connectivity index (χ3n) is 2.42. The summed E-state index contributed by atoms with van der Waals surface area (Å²) in [6.45, 7) is 3.93. The first-order valence-electron chi connectivity index (χ1n) is 5.35. The highest BCUT2D eigenvalue weighted by molar-refractivity contribution is 5.26. The Labute approximate surface area is 91.1 Å². The van der Waals surface area contributed by atoms with Crippen molar-refractivity contribution in [2.45, 2.75) is 39.2 Å². The standard InChI is InChI=1S/C12H19NO2/c1-4-11(14)6-5-10-8-12(15-3)7-9(2)13-10/h7-8,11,14H,4-6H2,1-3H3. The second-order valence-electron chi connectivity index (χ2n) is 3.74. The van der Waals surface area contributed by atoms with Crippen molar-refractivity contribution >= 4 is 0 Å². The fourth-order valence-corrected chi connectivity index (χ4v) is 1.47. The Bertz CT molecular complexity index is 312. The maximum Gasteiger partial charge on any atom is 0.122 e. The second-order valence-corrected chi connectivity index (χ2v) is 3.74. The number of methoxy groups -OCH3 is 1. The SMILES string of the molecule is CCC(O)CCc1cc(OC)cc(C)n1. The lowest BCUT2D eigenvalue weighted by Crippen LogP contribution is -2.06. The van der Waals surface area contributed by atoms with Crippen molar-refractivity contribution in [3.63, 3.8) is 0 Å². The van der Waals surface area contributed by atoms with E-state index in [0.29, 0.717) is 0 Å². The van der Waals surface area contributed by atoms with E-state index >= 15 is 0 Å². The van der Waals surface area contributed by atoms with Gasteiger partial charge in [-0.1, -0.05) is 6.92 Å². The zero-order valence-electron chi connectivity index (χ0n) is 9.66. The topological polar surface area (TPSA) is 42.4 Å². The number of aryl methyl sites for hydroxylation is 2. The summed E-state index contributed by atoms with van der Waals surface area (Å²) in [5.41, 5.74) is 1.94. The van der Waals surface area contributed by atoms with Crippen molar-refractivity contribution in [2.24, 2.45) is 0 Å². The first-order chi connectivity index (χ1) is 7.15. The van der Waals surface area contributed by atoms with Crippen LogP contribution in [0.1, 0.15) is 31.2 Å². The highest BCUT2D eigenvalue weighted by atomic mass is 16.5. The van der Waals surface area contributed by atoms with Gasteiger partial charge >= 0.3 is 0 Å². The molecule has 1 N–H and O–H groups in total. The second kappa shape index (κ2) is 5.71. The number of rotatable bonds is 5. The van der Waals surface area contributed by atoms with Crippen LogP contribution >= 0.6 is 0 Å². The van der Waals surface area contributed by atoms with E-state index in [9.17, 15) is 5.11 Å². The van der Waals surface area contributed by atoms with Crippen molar-refractivity contribution in [3.8, 4) is 5.75 Å². The third-order valence-corrected chi connectivity index (χ3v) is 2.42. The summed E-state index contributed by atoms with van der Waals surface area (Å²) in [5, 5.41) is 9.46. The van der Waals surface area contributed by atoms with E-state index in [2.05, 4.69) is 4.98 Å². The molecule has 0 saturated carbocycles. The average molecular weight is 209 g/mol. The Hall–Kier alpha value is -1.09. The molecular weight excluding hydrogens is 190 g/mol. The van der Waals surface area contributed by atoms with Crippen LogP contribution in [-0.2, 0) is 6.42 Å². The Balaban J connectivity index is 2.64. The van der Waals surface area contributed by atoms with Crippen LogP contribution in [0.2, 0.25) is 0 Å². The highest BCUT2D eigenvalue weighted by Crippen LogP contribution is 2.15. The number of aromatic nitrogens is 1. The molecule has 3 nitrogen and oxygen atoms in total. The van der Waals surface area contributed by atoms with Crippen molar-refractivity contribution in [3.05, 3.63) is 23.5 Å². The molecule has 1 aromatic heterocycles. The number of nitrogens with zero attached hydrogens (tertiary/aromatic N) is 1. The minimum Gasteiger partial charge on any atom is -0.497 e. The van der Waals surface area contributed by atoms with Crippen LogP contribution in [0.5, 0.6) is 5.75 Å². The minimum absolute atomic E-state index is 0.224. The lowest BCUT2D eigenvalue weighted by Gasteiger charge is -2.08. The van der Waals surface area contributed by atoms with E-state index in [1.165, 1.54) is 0 Å². The van der Waals surface area contributed by atoms with Gasteiger partial charge in [0.05, 0.1) is 13.2 Å². The van der Waals surface area contributed by atoms with Crippen LogP contribution in [0.4, 0.5) is 0 Å². The predicted octanol–water partition coefficient (Wildman–Crippen LogP) is 2.10. The maximum absolute atomic E-state index is 9.46. The molecule has 0 aliphatic rings. The van der Waals surface area contributed by atoms with Gasteiger partial charge in [-0.05, 0) is 26.2 Å². The monoisotopic (exact) mass is 209 g/mol. The van der Waals surface area contributed by atoms with E-state index in [1.54, 1.807) is 7.11 Å². The lowest BCUT2D eigenvalue weighted by atomic mass is 10.1. The molecule has 0 bridgehead atoms. The van der Waals surface area contributed by atoms with E-state index in [1.807, 2.05) is 26.0 Å². The van der Waals surface area contributed by atoms with Crippen molar-refractivity contribution in [1.82, 2.24) is 4.98 Å². The predicted molar refractivity (Wildman–Crippen MR) is 60.1 cm³/mol. The van der Waals surface area contributed by atoms with Gasteiger partial charge in [-0.2, -0.15) is 0 Å².